The zero-order chi connectivity index (χ0) is 32.1. The van der Waals surface area contributed by atoms with E-state index in [-0.39, 0.29) is 68.4 Å². The van der Waals surface area contributed by atoms with Crippen LogP contribution in [0.1, 0.15) is 113 Å². The van der Waals surface area contributed by atoms with Gasteiger partial charge in [-0.3, -0.25) is 14.4 Å². The van der Waals surface area contributed by atoms with Gasteiger partial charge in [0.2, 0.25) is 5.91 Å². The fourth-order valence-corrected chi connectivity index (χ4v) is 11.6. The Morgan fingerprint density at radius 3 is 2.27 bits per heavy atom. The maximum atomic E-state index is 14.6. The summed E-state index contributed by atoms with van der Waals surface area (Å²) in [7, 11) is 0. The molecule has 2 N–H and O–H groups in total. The number of ketones is 1. The fourth-order valence-electron chi connectivity index (χ4n) is 11.6. The first kappa shape index (κ1) is 31.4. The monoisotopic (exact) mass is 603 g/mol. The molecule has 1 amide bonds. The number of allylic oxidation sites excluding steroid dienone is 2. The highest BCUT2D eigenvalue weighted by atomic mass is 16.5. The molecule has 5 aliphatic rings. The van der Waals surface area contributed by atoms with Crippen molar-refractivity contribution in [1.29, 1.82) is 0 Å². The molecule has 0 spiro atoms. The predicted octanol–water partition coefficient (Wildman–Crippen LogP) is 8.24. The van der Waals surface area contributed by atoms with E-state index in [2.05, 4.69) is 59.9 Å². The Morgan fingerprint density at radius 2 is 1.59 bits per heavy atom. The molecule has 6 heteroatoms. The molecule has 5 aliphatic carbocycles. The first-order valence-corrected chi connectivity index (χ1v) is 16.9. The molecule has 240 valence electrons. The van der Waals surface area contributed by atoms with E-state index < -0.39 is 5.41 Å². The quantitative estimate of drug-likeness (QED) is 0.268. The van der Waals surface area contributed by atoms with Crippen LogP contribution in [-0.4, -0.2) is 28.9 Å². The van der Waals surface area contributed by atoms with Gasteiger partial charge in [0.05, 0.1) is 5.69 Å². The molecule has 4 saturated carbocycles. The lowest BCUT2D eigenvalue weighted by atomic mass is 9.33. The molecule has 0 bridgehead atoms. The summed E-state index contributed by atoms with van der Waals surface area (Å²) in [6, 6.07) is 6.90. The van der Waals surface area contributed by atoms with Gasteiger partial charge in [-0.1, -0.05) is 66.2 Å². The summed E-state index contributed by atoms with van der Waals surface area (Å²) in [4.78, 5) is 40.5. The van der Waals surface area contributed by atoms with Crippen molar-refractivity contribution in [3.63, 3.8) is 0 Å². The van der Waals surface area contributed by atoms with E-state index in [9.17, 15) is 19.5 Å². The van der Waals surface area contributed by atoms with Crippen molar-refractivity contribution in [2.24, 2.45) is 50.2 Å². The number of ether oxygens (including phenoxy) is 1. The van der Waals surface area contributed by atoms with Crippen molar-refractivity contribution in [1.82, 2.24) is 0 Å². The Kier molecular flexibility index (Phi) is 7.08. The molecule has 0 unspecified atom stereocenters. The zero-order valence-electron chi connectivity index (χ0n) is 28.1. The molecular formula is C38H53NO5. The minimum Gasteiger partial charge on any atom is -0.506 e. The normalized spacial score (nSPS) is 44.2. The molecule has 0 saturated heterocycles. The molecule has 0 aliphatic heterocycles. The molecular weight excluding hydrogens is 550 g/mol. The van der Waals surface area contributed by atoms with Gasteiger partial charge in [-0.25, -0.2) is 0 Å². The van der Waals surface area contributed by atoms with Crippen LogP contribution in [-0.2, 0) is 19.1 Å². The van der Waals surface area contributed by atoms with Crippen LogP contribution in [0.4, 0.5) is 5.69 Å². The van der Waals surface area contributed by atoms with Gasteiger partial charge >= 0.3 is 5.97 Å². The standard InChI is InChI=1S/C38H53NO5/c1-23(40)44-30-14-15-36(6)29(33(30,2)3)13-16-38(8)31(36)28(42)21-24-25-22-35(5,18-17-34(25,4)19-20-37(24,38)7)32(43)39-26-11-9-10-12-27(26)41/h9-12,21,25,29-31,41H,13-20,22H2,1-8H3,(H,39,43)/t25-,29+,30+,31+,34+,35+,36+,37-,38+/m0/s1. The summed E-state index contributed by atoms with van der Waals surface area (Å²) >= 11 is 0. The fraction of sp³-hybridized carbons (Fsp3) is 0.711. The number of nitrogens with one attached hydrogen (secondary N) is 1. The van der Waals surface area contributed by atoms with E-state index in [4.69, 9.17) is 4.74 Å². The number of aromatic hydroxyl groups is 1. The molecule has 9 atom stereocenters. The first-order valence-electron chi connectivity index (χ1n) is 16.9. The van der Waals surface area contributed by atoms with Gasteiger partial charge in [-0.05, 0) is 109 Å². The van der Waals surface area contributed by atoms with Gasteiger partial charge in [-0.2, -0.15) is 0 Å². The van der Waals surface area contributed by atoms with Crippen molar-refractivity contribution in [3.8, 4) is 5.75 Å². The van der Waals surface area contributed by atoms with Gasteiger partial charge in [-0.15, -0.1) is 0 Å². The van der Waals surface area contributed by atoms with E-state index in [1.165, 1.54) is 12.5 Å². The zero-order valence-corrected chi connectivity index (χ0v) is 28.1. The second-order valence-electron chi connectivity index (χ2n) is 17.2. The summed E-state index contributed by atoms with van der Waals surface area (Å²) in [5, 5.41) is 13.4. The summed E-state index contributed by atoms with van der Waals surface area (Å²) in [6.07, 6.45) is 10.2. The Morgan fingerprint density at radius 1 is 0.909 bits per heavy atom. The Balaban J connectivity index is 1.35. The maximum Gasteiger partial charge on any atom is 0.302 e. The number of phenols is 1. The second-order valence-corrected chi connectivity index (χ2v) is 17.2. The molecule has 6 nitrogen and oxygen atoms in total. The van der Waals surface area contributed by atoms with E-state index in [1.54, 1.807) is 18.2 Å². The maximum absolute atomic E-state index is 14.6. The number of anilines is 1. The Labute approximate surface area is 263 Å². The Hall–Kier alpha value is -2.63. The van der Waals surface area contributed by atoms with Crippen LogP contribution in [0.25, 0.3) is 0 Å². The minimum absolute atomic E-state index is 0.0503. The SMILES string of the molecule is CC(=O)O[C@@H]1CC[C@]2(C)[C@H](CC[C@]3(C)[C@@H]2C(=O)C=C2[C@@H]4C[C@](C)(C(=O)Nc5ccccc5O)CC[C@]4(C)CC[C@@]23C)C1(C)C. The predicted molar refractivity (Wildman–Crippen MR) is 172 cm³/mol. The van der Waals surface area contributed by atoms with Crippen molar-refractivity contribution >= 4 is 23.3 Å². The number of fused-ring (bicyclic) bond motifs is 7. The van der Waals surface area contributed by atoms with Crippen LogP contribution in [0.3, 0.4) is 0 Å². The Bertz CT molecular complexity index is 1430. The van der Waals surface area contributed by atoms with E-state index in [0.717, 1.165) is 51.4 Å². The van der Waals surface area contributed by atoms with E-state index >= 15 is 0 Å². The summed E-state index contributed by atoms with van der Waals surface area (Å²) in [5.74, 6) is 0.425. The number of carbonyl (C=O) groups excluding carboxylic acids is 3. The molecule has 4 fully saturated rings. The summed E-state index contributed by atoms with van der Waals surface area (Å²) in [5.41, 5.74) is 0.482. The molecule has 1 aromatic rings. The second kappa shape index (κ2) is 9.93. The lowest BCUT2D eigenvalue weighted by Crippen LogP contribution is -2.66. The van der Waals surface area contributed by atoms with Crippen LogP contribution in [0.5, 0.6) is 5.75 Å². The molecule has 0 radical (unpaired) electrons. The van der Waals surface area contributed by atoms with Crippen LogP contribution in [0.2, 0.25) is 0 Å². The lowest BCUT2D eigenvalue weighted by molar-refractivity contribution is -0.210. The number of rotatable bonds is 3. The third kappa shape index (κ3) is 4.28. The number of hydrogen-bond acceptors (Lipinski definition) is 5. The summed E-state index contributed by atoms with van der Waals surface area (Å²) < 4.78 is 5.86. The number of amides is 1. The number of para-hydroxylation sites is 2. The van der Waals surface area contributed by atoms with Crippen molar-refractivity contribution in [2.45, 2.75) is 119 Å². The van der Waals surface area contributed by atoms with Crippen LogP contribution < -0.4 is 5.32 Å². The summed E-state index contributed by atoms with van der Waals surface area (Å²) in [6.45, 7) is 17.7. The lowest BCUT2D eigenvalue weighted by Gasteiger charge is -2.70. The largest absolute Gasteiger partial charge is 0.506 e. The first-order chi connectivity index (χ1) is 20.4. The smallest absolute Gasteiger partial charge is 0.302 e. The van der Waals surface area contributed by atoms with Gasteiger partial charge in [0.1, 0.15) is 11.9 Å². The van der Waals surface area contributed by atoms with Crippen LogP contribution >= 0.6 is 0 Å². The van der Waals surface area contributed by atoms with Crippen LogP contribution in [0.15, 0.2) is 35.9 Å². The molecule has 1 aromatic carbocycles. The number of benzene rings is 1. The molecule has 0 aromatic heterocycles. The highest BCUT2D eigenvalue weighted by molar-refractivity contribution is 5.97. The number of phenolic OH excluding ortho intramolecular Hbond substituents is 1. The highest BCUT2D eigenvalue weighted by Crippen LogP contribution is 2.75. The molecule has 6 rings (SSSR count). The number of hydrogen-bond donors (Lipinski definition) is 2. The number of esters is 1. The van der Waals surface area contributed by atoms with Gasteiger partial charge in [0, 0.05) is 23.7 Å². The van der Waals surface area contributed by atoms with Crippen LogP contribution in [0, 0.1) is 50.2 Å². The molecule has 0 heterocycles. The third-order valence-electron chi connectivity index (χ3n) is 14.5. The average Bonchev–Trinajstić information content (AvgIpc) is 2.93. The van der Waals surface area contributed by atoms with E-state index in [1.807, 2.05) is 6.07 Å². The average molecular weight is 604 g/mol. The third-order valence-corrected chi connectivity index (χ3v) is 14.5. The minimum atomic E-state index is -0.602. The van der Waals surface area contributed by atoms with Crippen molar-refractivity contribution in [2.75, 3.05) is 5.32 Å². The van der Waals surface area contributed by atoms with E-state index in [0.29, 0.717) is 18.0 Å². The topological polar surface area (TPSA) is 92.7 Å². The van der Waals surface area contributed by atoms with Gasteiger partial charge < -0.3 is 15.2 Å². The van der Waals surface area contributed by atoms with Crippen molar-refractivity contribution < 1.29 is 24.2 Å². The van der Waals surface area contributed by atoms with Gasteiger partial charge in [0.15, 0.2) is 5.78 Å². The highest BCUT2D eigenvalue weighted by Gasteiger charge is 2.70. The van der Waals surface area contributed by atoms with Crippen molar-refractivity contribution in [3.05, 3.63) is 35.9 Å². The number of carbonyl (C=O) groups is 3. The molecule has 44 heavy (non-hydrogen) atoms. The van der Waals surface area contributed by atoms with Gasteiger partial charge in [0.25, 0.3) is 0 Å².